The molecule has 4 aromatic rings. The molecule has 0 spiro atoms. The minimum Gasteiger partial charge on any atom is -0.508 e. The molecule has 0 radical (unpaired) electrons. The molecule has 4 rings (SSSR count). The number of aromatic hydroxyl groups is 1. The number of benzene rings is 3. The number of hydrogen-bond acceptors (Lipinski definition) is 3. The van der Waals surface area contributed by atoms with E-state index in [-0.39, 0.29) is 6.04 Å². The summed E-state index contributed by atoms with van der Waals surface area (Å²) in [6, 6.07) is 22.2. The number of phenols is 1. The van der Waals surface area contributed by atoms with Crippen molar-refractivity contribution in [3.05, 3.63) is 96.1 Å². The zero-order valence-electron chi connectivity index (χ0n) is 15.6. The molecular weight excluding hydrogens is 334 g/mol. The van der Waals surface area contributed by atoms with Crippen molar-refractivity contribution < 1.29 is 5.11 Å². The van der Waals surface area contributed by atoms with Gasteiger partial charge < -0.3 is 9.67 Å². The third-order valence-corrected chi connectivity index (χ3v) is 4.96. The van der Waals surface area contributed by atoms with Gasteiger partial charge in [-0.25, -0.2) is 4.98 Å². The van der Waals surface area contributed by atoms with Crippen LogP contribution in [0.3, 0.4) is 0 Å². The Morgan fingerprint density at radius 2 is 1.70 bits per heavy atom. The predicted molar refractivity (Wildman–Crippen MR) is 109 cm³/mol. The van der Waals surface area contributed by atoms with Crippen LogP contribution >= 0.6 is 0 Å². The maximum atomic E-state index is 10.8. The Morgan fingerprint density at radius 1 is 0.963 bits per heavy atom. The lowest BCUT2D eigenvalue weighted by Gasteiger charge is -2.28. The highest BCUT2D eigenvalue weighted by Gasteiger charge is 2.25. The Balaban J connectivity index is 1.85. The summed E-state index contributed by atoms with van der Waals surface area (Å²) in [4.78, 5) is 6.54. The van der Waals surface area contributed by atoms with Gasteiger partial charge >= 0.3 is 0 Å². The van der Waals surface area contributed by atoms with Gasteiger partial charge in [-0.15, -0.1) is 0 Å². The van der Waals surface area contributed by atoms with E-state index in [4.69, 9.17) is 0 Å². The summed E-state index contributed by atoms with van der Waals surface area (Å²) in [6.45, 7) is 0.742. The number of hydrogen-bond donors (Lipinski definition) is 1. The van der Waals surface area contributed by atoms with E-state index in [2.05, 4.69) is 38.7 Å². The maximum Gasteiger partial charge on any atom is 0.121 e. The highest BCUT2D eigenvalue weighted by Crippen LogP contribution is 2.38. The Hall–Kier alpha value is -3.11. The van der Waals surface area contributed by atoms with Gasteiger partial charge in [-0.1, -0.05) is 60.7 Å². The first kappa shape index (κ1) is 17.3. The first-order valence-electron chi connectivity index (χ1n) is 9.06. The SMILES string of the molecule is CN(C)C(c1c(O)ccc2ccccc12)c1cncn1Cc1ccccc1. The molecule has 1 N–H and O–H groups in total. The van der Waals surface area contributed by atoms with Gasteiger partial charge in [-0.05, 0) is 36.5 Å². The van der Waals surface area contributed by atoms with Crippen LogP contribution in [-0.2, 0) is 6.54 Å². The molecule has 136 valence electrons. The van der Waals surface area contributed by atoms with Crippen molar-refractivity contribution in [1.82, 2.24) is 14.5 Å². The summed E-state index contributed by atoms with van der Waals surface area (Å²) in [5.41, 5.74) is 3.18. The Morgan fingerprint density at radius 3 is 2.48 bits per heavy atom. The van der Waals surface area contributed by atoms with E-state index in [9.17, 15) is 5.11 Å². The molecule has 4 heteroatoms. The van der Waals surface area contributed by atoms with Crippen LogP contribution < -0.4 is 0 Å². The molecule has 3 aromatic carbocycles. The number of phenolic OH excluding ortho intramolecular Hbond substituents is 1. The zero-order chi connectivity index (χ0) is 18.8. The quantitative estimate of drug-likeness (QED) is 0.574. The second-order valence-electron chi connectivity index (χ2n) is 7.02. The predicted octanol–water partition coefficient (Wildman–Crippen LogP) is 4.44. The van der Waals surface area contributed by atoms with Crippen LogP contribution in [-0.4, -0.2) is 33.7 Å². The normalized spacial score (nSPS) is 12.6. The molecular formula is C23H23N3O. The van der Waals surface area contributed by atoms with E-state index in [0.717, 1.165) is 28.6 Å². The average Bonchev–Trinajstić information content (AvgIpc) is 3.12. The molecule has 0 bridgehead atoms. The monoisotopic (exact) mass is 357 g/mol. The highest BCUT2D eigenvalue weighted by molar-refractivity contribution is 5.88. The average molecular weight is 357 g/mol. The molecule has 1 atom stereocenters. The fraction of sp³-hybridized carbons (Fsp3) is 0.174. The number of aromatic nitrogens is 2. The molecule has 27 heavy (non-hydrogen) atoms. The van der Waals surface area contributed by atoms with Crippen LogP contribution in [0.4, 0.5) is 0 Å². The van der Waals surface area contributed by atoms with Gasteiger partial charge in [0.1, 0.15) is 5.75 Å². The number of fused-ring (bicyclic) bond motifs is 1. The lowest BCUT2D eigenvalue weighted by molar-refractivity contribution is 0.322. The standard InChI is InChI=1S/C23H23N3O/c1-25(2)23(22-19-11-7-6-10-18(19)12-13-21(22)27)20-14-24-16-26(20)15-17-8-4-3-5-9-17/h3-14,16,23,27H,15H2,1-2H3. The lowest BCUT2D eigenvalue weighted by Crippen LogP contribution is -2.24. The Kier molecular flexibility index (Phi) is 4.65. The minimum atomic E-state index is -0.109. The second kappa shape index (κ2) is 7.25. The molecule has 1 heterocycles. The van der Waals surface area contributed by atoms with E-state index in [1.54, 1.807) is 6.07 Å². The van der Waals surface area contributed by atoms with E-state index in [1.807, 2.05) is 63.0 Å². The molecule has 1 aromatic heterocycles. The van der Waals surface area contributed by atoms with Crippen LogP contribution in [0.15, 0.2) is 79.3 Å². The van der Waals surface area contributed by atoms with Crippen molar-refractivity contribution in [3.63, 3.8) is 0 Å². The molecule has 0 aliphatic carbocycles. The Bertz CT molecular complexity index is 1050. The molecule has 0 aliphatic rings. The van der Waals surface area contributed by atoms with Gasteiger partial charge in [0.2, 0.25) is 0 Å². The van der Waals surface area contributed by atoms with Crippen LogP contribution in [0.2, 0.25) is 0 Å². The fourth-order valence-electron chi connectivity index (χ4n) is 3.71. The summed E-state index contributed by atoms with van der Waals surface area (Å²) >= 11 is 0. The largest absolute Gasteiger partial charge is 0.508 e. The Labute approximate surface area is 159 Å². The molecule has 4 nitrogen and oxygen atoms in total. The van der Waals surface area contributed by atoms with Gasteiger partial charge in [-0.3, -0.25) is 4.90 Å². The van der Waals surface area contributed by atoms with E-state index in [0.29, 0.717) is 5.75 Å². The minimum absolute atomic E-state index is 0.109. The highest BCUT2D eigenvalue weighted by atomic mass is 16.3. The summed E-state index contributed by atoms with van der Waals surface area (Å²) in [5.74, 6) is 0.305. The second-order valence-corrected chi connectivity index (χ2v) is 7.02. The summed E-state index contributed by atoms with van der Waals surface area (Å²) in [6.07, 6.45) is 3.76. The first-order valence-corrected chi connectivity index (χ1v) is 9.06. The van der Waals surface area contributed by atoms with Crippen LogP contribution in [0.5, 0.6) is 5.75 Å². The van der Waals surface area contributed by atoms with Gasteiger partial charge in [0.25, 0.3) is 0 Å². The van der Waals surface area contributed by atoms with Crippen LogP contribution in [0.1, 0.15) is 22.9 Å². The smallest absolute Gasteiger partial charge is 0.121 e. The maximum absolute atomic E-state index is 10.8. The lowest BCUT2D eigenvalue weighted by atomic mass is 9.95. The van der Waals surface area contributed by atoms with Crippen molar-refractivity contribution in [2.24, 2.45) is 0 Å². The summed E-state index contributed by atoms with van der Waals surface area (Å²) < 4.78 is 2.15. The molecule has 1 unspecified atom stereocenters. The van der Waals surface area contributed by atoms with Crippen LogP contribution in [0, 0.1) is 0 Å². The first-order chi connectivity index (χ1) is 13.1. The third kappa shape index (κ3) is 3.32. The fourth-order valence-corrected chi connectivity index (χ4v) is 3.71. The van der Waals surface area contributed by atoms with E-state index >= 15 is 0 Å². The molecule has 0 amide bonds. The van der Waals surface area contributed by atoms with Gasteiger partial charge in [0.05, 0.1) is 24.3 Å². The van der Waals surface area contributed by atoms with Crippen molar-refractivity contribution >= 4 is 10.8 Å². The van der Waals surface area contributed by atoms with Gasteiger partial charge in [0, 0.05) is 12.1 Å². The van der Waals surface area contributed by atoms with Gasteiger partial charge in [0.15, 0.2) is 0 Å². The van der Waals surface area contributed by atoms with E-state index in [1.165, 1.54) is 5.56 Å². The topological polar surface area (TPSA) is 41.3 Å². The molecule has 0 saturated carbocycles. The van der Waals surface area contributed by atoms with Gasteiger partial charge in [-0.2, -0.15) is 0 Å². The summed E-state index contributed by atoms with van der Waals surface area (Å²) in [7, 11) is 4.07. The molecule has 0 saturated heterocycles. The number of nitrogens with zero attached hydrogens (tertiary/aromatic N) is 3. The zero-order valence-corrected chi connectivity index (χ0v) is 15.6. The third-order valence-electron chi connectivity index (χ3n) is 4.96. The van der Waals surface area contributed by atoms with Crippen molar-refractivity contribution in [2.75, 3.05) is 14.1 Å². The van der Waals surface area contributed by atoms with Crippen molar-refractivity contribution in [2.45, 2.75) is 12.6 Å². The molecule has 0 aliphatic heterocycles. The number of imidazole rings is 1. The molecule has 0 fully saturated rings. The number of rotatable bonds is 5. The summed E-state index contributed by atoms with van der Waals surface area (Å²) in [5, 5.41) is 12.9. The van der Waals surface area contributed by atoms with E-state index < -0.39 is 0 Å². The van der Waals surface area contributed by atoms with Crippen molar-refractivity contribution in [1.29, 1.82) is 0 Å². The van der Waals surface area contributed by atoms with Crippen molar-refractivity contribution in [3.8, 4) is 5.75 Å². The van der Waals surface area contributed by atoms with Crippen LogP contribution in [0.25, 0.3) is 10.8 Å².